The summed E-state index contributed by atoms with van der Waals surface area (Å²) < 4.78 is 11.0. The second-order valence-corrected chi connectivity index (χ2v) is 8.43. The molecule has 0 saturated carbocycles. The molecule has 6 heteroatoms. The second-order valence-electron chi connectivity index (χ2n) is 8.43. The highest BCUT2D eigenvalue weighted by molar-refractivity contribution is 5.70. The van der Waals surface area contributed by atoms with Crippen LogP contribution in [-0.2, 0) is 19.1 Å². The van der Waals surface area contributed by atoms with E-state index >= 15 is 0 Å². The molecule has 0 radical (unpaired) electrons. The lowest BCUT2D eigenvalue weighted by Gasteiger charge is -2.23. The fourth-order valence-corrected chi connectivity index (χ4v) is 2.93. The Hall–Kier alpha value is -1.14. The molecule has 4 atom stereocenters. The van der Waals surface area contributed by atoms with Crippen molar-refractivity contribution in [2.75, 3.05) is 41.3 Å². The number of hydrogen-bond acceptors (Lipinski definition) is 6. The van der Waals surface area contributed by atoms with Crippen LogP contribution in [0.2, 0.25) is 0 Å². The quantitative estimate of drug-likeness (QED) is 0.337. The summed E-state index contributed by atoms with van der Waals surface area (Å²) in [5, 5.41) is 0. The van der Waals surface area contributed by atoms with E-state index in [2.05, 4.69) is 23.6 Å². The van der Waals surface area contributed by atoms with Gasteiger partial charge in [0.05, 0.1) is 0 Å². The van der Waals surface area contributed by atoms with Crippen LogP contribution in [0.25, 0.3) is 0 Å². The Bertz CT molecular complexity index is 388. The Balaban J connectivity index is 3.86. The summed E-state index contributed by atoms with van der Waals surface area (Å²) in [6.45, 7) is 9.85. The minimum absolute atomic E-state index is 0.0829. The van der Waals surface area contributed by atoms with Gasteiger partial charge in [-0.15, -0.1) is 0 Å². The maximum Gasteiger partial charge on any atom is 0.306 e. The molecule has 0 aliphatic carbocycles. The summed E-state index contributed by atoms with van der Waals surface area (Å²) >= 11 is 0. The highest BCUT2D eigenvalue weighted by Gasteiger charge is 2.18. The lowest BCUT2D eigenvalue weighted by Crippen LogP contribution is -2.30. The number of unbranched alkanes of at least 4 members (excludes halogenated alkanes) is 2. The lowest BCUT2D eigenvalue weighted by molar-refractivity contribution is -0.151. The molecule has 27 heavy (non-hydrogen) atoms. The molecule has 0 unspecified atom stereocenters. The van der Waals surface area contributed by atoms with Crippen LogP contribution < -0.4 is 0 Å². The van der Waals surface area contributed by atoms with Gasteiger partial charge >= 0.3 is 11.9 Å². The monoisotopic (exact) mass is 386 g/mol. The number of hydrogen-bond donors (Lipinski definition) is 0. The molecule has 0 spiro atoms. The van der Waals surface area contributed by atoms with E-state index < -0.39 is 0 Å². The number of carbonyl (C=O) groups is 2. The zero-order chi connectivity index (χ0) is 21.0. The third kappa shape index (κ3) is 13.6. The van der Waals surface area contributed by atoms with Crippen molar-refractivity contribution in [3.05, 3.63) is 0 Å². The van der Waals surface area contributed by atoms with Crippen molar-refractivity contribution in [1.82, 2.24) is 9.80 Å². The molecule has 0 aliphatic heterocycles. The molecule has 0 amide bonds. The summed E-state index contributed by atoms with van der Waals surface area (Å²) in [5.74, 6) is 0.301. The van der Waals surface area contributed by atoms with Crippen molar-refractivity contribution < 1.29 is 19.1 Å². The van der Waals surface area contributed by atoms with Gasteiger partial charge in [0, 0.05) is 37.8 Å². The van der Waals surface area contributed by atoms with Gasteiger partial charge in [-0.25, -0.2) is 0 Å². The molecular weight excluding hydrogens is 344 g/mol. The normalized spacial score (nSPS) is 16.1. The van der Waals surface area contributed by atoms with E-state index in [1.54, 1.807) is 0 Å². The van der Waals surface area contributed by atoms with Gasteiger partial charge in [-0.05, 0) is 54.9 Å². The Labute approximate surface area is 166 Å². The predicted molar refractivity (Wildman–Crippen MR) is 110 cm³/mol. The first kappa shape index (κ1) is 25.9. The maximum absolute atomic E-state index is 11.9. The Morgan fingerprint density at radius 3 is 1.30 bits per heavy atom. The first-order valence-corrected chi connectivity index (χ1v) is 10.2. The maximum atomic E-state index is 11.9. The number of ether oxygens (including phenoxy) is 2. The molecule has 0 N–H and O–H groups in total. The first-order valence-electron chi connectivity index (χ1n) is 10.2. The van der Waals surface area contributed by atoms with Crippen molar-refractivity contribution in [3.63, 3.8) is 0 Å². The summed E-state index contributed by atoms with van der Waals surface area (Å²) in [6, 6.07) is 0. The van der Waals surface area contributed by atoms with Crippen molar-refractivity contribution in [3.8, 4) is 0 Å². The Morgan fingerprint density at radius 1 is 0.667 bits per heavy atom. The molecule has 6 nitrogen and oxygen atoms in total. The smallest absolute Gasteiger partial charge is 0.306 e. The standard InChI is InChI=1S/C21H42N2O4/c1-16(14-22(5)6)18(3)26-20(24)12-10-9-11-13-21(25)27-19(4)17(2)15-23(7)8/h16-19H,9-15H2,1-8H3/t16-,17+,18-,19-/m0/s1. The fourth-order valence-electron chi connectivity index (χ4n) is 2.93. The van der Waals surface area contributed by atoms with E-state index in [1.807, 2.05) is 42.0 Å². The third-order valence-corrected chi connectivity index (χ3v) is 4.81. The van der Waals surface area contributed by atoms with E-state index in [0.717, 1.165) is 32.4 Å². The van der Waals surface area contributed by atoms with Crippen LogP contribution in [0.1, 0.15) is 59.8 Å². The lowest BCUT2D eigenvalue weighted by atomic mass is 10.1. The van der Waals surface area contributed by atoms with E-state index in [1.165, 1.54) is 0 Å². The Morgan fingerprint density at radius 2 is 1.00 bits per heavy atom. The van der Waals surface area contributed by atoms with Crippen LogP contribution in [0.5, 0.6) is 0 Å². The first-order chi connectivity index (χ1) is 12.5. The van der Waals surface area contributed by atoms with Gasteiger partial charge in [0.15, 0.2) is 0 Å². The number of nitrogens with zero attached hydrogens (tertiary/aromatic N) is 2. The molecule has 0 aromatic rings. The molecule has 0 bridgehead atoms. The van der Waals surface area contributed by atoms with Crippen molar-refractivity contribution in [2.45, 2.75) is 72.0 Å². The van der Waals surface area contributed by atoms with E-state index in [9.17, 15) is 9.59 Å². The van der Waals surface area contributed by atoms with E-state index in [0.29, 0.717) is 24.7 Å². The molecule has 0 heterocycles. The van der Waals surface area contributed by atoms with Gasteiger partial charge in [0.2, 0.25) is 0 Å². The predicted octanol–water partition coefficient (Wildman–Crippen LogP) is 3.20. The van der Waals surface area contributed by atoms with Gasteiger partial charge in [0.25, 0.3) is 0 Å². The second kappa shape index (κ2) is 13.9. The minimum Gasteiger partial charge on any atom is -0.462 e. The molecule has 0 aromatic heterocycles. The van der Waals surface area contributed by atoms with Crippen molar-refractivity contribution in [1.29, 1.82) is 0 Å². The number of esters is 2. The van der Waals surface area contributed by atoms with Crippen LogP contribution in [0, 0.1) is 11.8 Å². The largest absolute Gasteiger partial charge is 0.462 e. The third-order valence-electron chi connectivity index (χ3n) is 4.81. The van der Waals surface area contributed by atoms with Gasteiger partial charge in [0.1, 0.15) is 12.2 Å². The molecule has 0 aliphatic rings. The minimum atomic E-state index is -0.151. The van der Waals surface area contributed by atoms with Crippen LogP contribution >= 0.6 is 0 Å². The van der Waals surface area contributed by atoms with E-state index in [-0.39, 0.29) is 24.1 Å². The van der Waals surface area contributed by atoms with Crippen molar-refractivity contribution in [2.24, 2.45) is 11.8 Å². The van der Waals surface area contributed by atoms with Gasteiger partial charge in [-0.2, -0.15) is 0 Å². The molecule has 0 fully saturated rings. The van der Waals surface area contributed by atoms with E-state index in [4.69, 9.17) is 9.47 Å². The molecule has 0 saturated heterocycles. The zero-order valence-electron chi connectivity index (χ0n) is 18.8. The summed E-state index contributed by atoms with van der Waals surface area (Å²) in [4.78, 5) is 28.0. The van der Waals surface area contributed by atoms with Gasteiger partial charge in [-0.3, -0.25) is 9.59 Å². The summed E-state index contributed by atoms with van der Waals surface area (Å²) in [6.07, 6.45) is 2.96. The van der Waals surface area contributed by atoms with Crippen molar-refractivity contribution >= 4 is 11.9 Å². The topological polar surface area (TPSA) is 59.1 Å². The average Bonchev–Trinajstić information content (AvgIpc) is 2.52. The average molecular weight is 387 g/mol. The summed E-state index contributed by atoms with van der Waals surface area (Å²) in [7, 11) is 8.05. The molecule has 160 valence electrons. The fraction of sp³-hybridized carbons (Fsp3) is 0.905. The molecular formula is C21H42N2O4. The molecule has 0 rings (SSSR count). The van der Waals surface area contributed by atoms with Crippen LogP contribution in [-0.4, -0.2) is 75.2 Å². The van der Waals surface area contributed by atoms with Crippen LogP contribution in [0.4, 0.5) is 0 Å². The molecule has 0 aromatic carbocycles. The number of carbonyl (C=O) groups excluding carboxylic acids is 2. The zero-order valence-corrected chi connectivity index (χ0v) is 18.8. The summed E-state index contributed by atoms with van der Waals surface area (Å²) in [5.41, 5.74) is 0. The SMILES string of the molecule is C[C@H](CN(C)C)[C@H](C)OC(=O)CCCCCC(=O)O[C@@H](C)[C@@H](C)CN(C)C. The van der Waals surface area contributed by atoms with Gasteiger partial charge in [-0.1, -0.05) is 20.3 Å². The highest BCUT2D eigenvalue weighted by Crippen LogP contribution is 2.13. The Kier molecular flexibility index (Phi) is 13.4. The van der Waals surface area contributed by atoms with Crippen LogP contribution in [0.15, 0.2) is 0 Å². The van der Waals surface area contributed by atoms with Gasteiger partial charge < -0.3 is 19.3 Å². The number of rotatable bonds is 14. The van der Waals surface area contributed by atoms with Crippen LogP contribution in [0.3, 0.4) is 0 Å². The highest BCUT2D eigenvalue weighted by atomic mass is 16.5.